The Morgan fingerprint density at radius 3 is 2.84 bits per heavy atom. The summed E-state index contributed by atoms with van der Waals surface area (Å²) in [5.74, 6) is 0.554. The maximum Gasteiger partial charge on any atom is 0.265 e. The molecule has 5 nitrogen and oxygen atoms in total. The van der Waals surface area contributed by atoms with Crippen LogP contribution in [0, 0.1) is 12.8 Å². The van der Waals surface area contributed by atoms with Gasteiger partial charge in [0.05, 0.1) is 0 Å². The lowest BCUT2D eigenvalue weighted by Gasteiger charge is -2.06. The minimum absolute atomic E-state index is 0.146. The monoisotopic (exact) mass is 263 g/mol. The van der Waals surface area contributed by atoms with Crippen LogP contribution in [0.5, 0.6) is 0 Å². The van der Waals surface area contributed by atoms with Crippen molar-refractivity contribution in [2.24, 2.45) is 16.8 Å². The van der Waals surface area contributed by atoms with E-state index in [1.807, 2.05) is 45.0 Å². The highest BCUT2D eigenvalue weighted by atomic mass is 16.6. The van der Waals surface area contributed by atoms with Crippen LogP contribution in [-0.4, -0.2) is 18.3 Å². The molecule has 0 unspecified atom stereocenters. The SMILES string of the molecule is Cc1cccc(NC(=O)CO/N=C(\N)CC(C)C)c1. The second-order valence-electron chi connectivity index (χ2n) is 4.87. The van der Waals surface area contributed by atoms with Gasteiger partial charge in [-0.25, -0.2) is 0 Å². The van der Waals surface area contributed by atoms with Gasteiger partial charge < -0.3 is 15.9 Å². The number of carbonyl (C=O) groups is 1. The third-order valence-electron chi connectivity index (χ3n) is 2.30. The summed E-state index contributed by atoms with van der Waals surface area (Å²) in [6.07, 6.45) is 0.652. The summed E-state index contributed by atoms with van der Waals surface area (Å²) < 4.78 is 0. The van der Waals surface area contributed by atoms with E-state index in [1.54, 1.807) is 0 Å². The fourth-order valence-electron chi connectivity index (χ4n) is 1.55. The van der Waals surface area contributed by atoms with Gasteiger partial charge in [0, 0.05) is 12.1 Å². The zero-order chi connectivity index (χ0) is 14.3. The first kappa shape index (κ1) is 15.0. The molecule has 0 heterocycles. The molecule has 1 rings (SSSR count). The topological polar surface area (TPSA) is 76.7 Å². The van der Waals surface area contributed by atoms with Crippen molar-refractivity contribution in [2.45, 2.75) is 27.2 Å². The van der Waals surface area contributed by atoms with E-state index in [4.69, 9.17) is 10.6 Å². The number of rotatable bonds is 6. The Kier molecular flexibility index (Phi) is 5.85. The molecule has 104 valence electrons. The van der Waals surface area contributed by atoms with Gasteiger partial charge in [-0.3, -0.25) is 4.79 Å². The predicted molar refractivity (Wildman–Crippen MR) is 76.8 cm³/mol. The van der Waals surface area contributed by atoms with Crippen LogP contribution in [0.1, 0.15) is 25.8 Å². The number of anilines is 1. The first-order chi connectivity index (χ1) is 8.97. The zero-order valence-electron chi connectivity index (χ0n) is 11.6. The number of nitrogens with two attached hydrogens (primary N) is 1. The van der Waals surface area contributed by atoms with Gasteiger partial charge in [0.25, 0.3) is 5.91 Å². The fourth-order valence-corrected chi connectivity index (χ4v) is 1.55. The second kappa shape index (κ2) is 7.41. The molecule has 1 aromatic rings. The average molecular weight is 263 g/mol. The largest absolute Gasteiger partial charge is 0.384 e. The van der Waals surface area contributed by atoms with Gasteiger partial charge in [-0.15, -0.1) is 0 Å². The number of hydrogen-bond acceptors (Lipinski definition) is 3. The van der Waals surface area contributed by atoms with Crippen LogP contribution in [0.3, 0.4) is 0 Å². The van der Waals surface area contributed by atoms with Crippen LogP contribution in [0.25, 0.3) is 0 Å². The van der Waals surface area contributed by atoms with Crippen LogP contribution in [0.4, 0.5) is 5.69 Å². The van der Waals surface area contributed by atoms with Crippen LogP contribution in [0.15, 0.2) is 29.4 Å². The maximum absolute atomic E-state index is 11.6. The molecule has 0 aliphatic heterocycles. The number of nitrogens with one attached hydrogen (secondary N) is 1. The fraction of sp³-hybridized carbons (Fsp3) is 0.429. The van der Waals surface area contributed by atoms with Crippen molar-refractivity contribution in [1.29, 1.82) is 0 Å². The molecule has 3 N–H and O–H groups in total. The summed E-state index contributed by atoms with van der Waals surface area (Å²) in [6, 6.07) is 7.54. The number of hydrogen-bond donors (Lipinski definition) is 2. The van der Waals surface area contributed by atoms with Crippen molar-refractivity contribution in [2.75, 3.05) is 11.9 Å². The van der Waals surface area contributed by atoms with E-state index < -0.39 is 0 Å². The van der Waals surface area contributed by atoms with E-state index in [-0.39, 0.29) is 12.5 Å². The molecule has 0 atom stereocenters. The quantitative estimate of drug-likeness (QED) is 0.469. The highest BCUT2D eigenvalue weighted by molar-refractivity contribution is 5.91. The Hall–Kier alpha value is -2.04. The molecule has 0 spiro atoms. The zero-order valence-corrected chi connectivity index (χ0v) is 11.6. The lowest BCUT2D eigenvalue weighted by molar-refractivity contribution is -0.120. The normalized spacial score (nSPS) is 11.5. The van der Waals surface area contributed by atoms with Crippen LogP contribution < -0.4 is 11.1 Å². The number of aryl methyl sites for hydroxylation is 1. The van der Waals surface area contributed by atoms with E-state index in [0.717, 1.165) is 11.3 Å². The number of oxime groups is 1. The molecule has 0 saturated heterocycles. The number of nitrogens with zero attached hydrogens (tertiary/aromatic N) is 1. The van der Waals surface area contributed by atoms with E-state index in [1.165, 1.54) is 0 Å². The Labute approximate surface area is 113 Å². The lowest BCUT2D eigenvalue weighted by atomic mass is 10.1. The molecule has 0 bridgehead atoms. The summed E-state index contributed by atoms with van der Waals surface area (Å²) in [7, 11) is 0. The van der Waals surface area contributed by atoms with Gasteiger partial charge in [-0.2, -0.15) is 0 Å². The van der Waals surface area contributed by atoms with Gasteiger partial charge >= 0.3 is 0 Å². The molecular weight excluding hydrogens is 242 g/mol. The van der Waals surface area contributed by atoms with E-state index >= 15 is 0 Å². The van der Waals surface area contributed by atoms with Crippen LogP contribution in [0.2, 0.25) is 0 Å². The molecule has 0 aliphatic rings. The molecule has 0 aliphatic carbocycles. The second-order valence-corrected chi connectivity index (χ2v) is 4.87. The van der Waals surface area contributed by atoms with E-state index in [0.29, 0.717) is 18.2 Å². The molecule has 0 fully saturated rings. The number of amidine groups is 1. The van der Waals surface area contributed by atoms with Crippen molar-refractivity contribution in [3.63, 3.8) is 0 Å². The van der Waals surface area contributed by atoms with Crippen LogP contribution in [-0.2, 0) is 9.63 Å². The number of benzene rings is 1. The molecule has 0 radical (unpaired) electrons. The maximum atomic E-state index is 11.6. The van der Waals surface area contributed by atoms with Gasteiger partial charge in [0.15, 0.2) is 6.61 Å². The molecule has 5 heteroatoms. The minimum Gasteiger partial charge on any atom is -0.384 e. The van der Waals surface area contributed by atoms with Crippen molar-refractivity contribution >= 4 is 17.4 Å². The van der Waals surface area contributed by atoms with Crippen LogP contribution >= 0.6 is 0 Å². The molecule has 19 heavy (non-hydrogen) atoms. The lowest BCUT2D eigenvalue weighted by Crippen LogP contribution is -2.19. The smallest absolute Gasteiger partial charge is 0.265 e. The summed E-state index contributed by atoms with van der Waals surface area (Å²) >= 11 is 0. The van der Waals surface area contributed by atoms with Gasteiger partial charge in [0.1, 0.15) is 5.84 Å². The van der Waals surface area contributed by atoms with E-state index in [2.05, 4.69) is 10.5 Å². The van der Waals surface area contributed by atoms with Crippen molar-refractivity contribution in [3.05, 3.63) is 29.8 Å². The average Bonchev–Trinajstić information content (AvgIpc) is 2.27. The van der Waals surface area contributed by atoms with E-state index in [9.17, 15) is 4.79 Å². The Bertz CT molecular complexity index is 456. The standard InChI is InChI=1S/C14H21N3O2/c1-10(2)7-13(15)17-19-9-14(18)16-12-6-4-5-11(3)8-12/h4-6,8,10H,7,9H2,1-3H3,(H2,15,17)(H,16,18). The summed E-state index contributed by atoms with van der Waals surface area (Å²) in [5.41, 5.74) is 7.45. The van der Waals surface area contributed by atoms with Gasteiger partial charge in [0.2, 0.25) is 0 Å². The molecular formula is C14H21N3O2. The highest BCUT2D eigenvalue weighted by Crippen LogP contribution is 2.09. The molecule has 1 amide bonds. The first-order valence-corrected chi connectivity index (χ1v) is 6.28. The summed E-state index contributed by atoms with van der Waals surface area (Å²) in [4.78, 5) is 16.5. The molecule has 0 saturated carbocycles. The van der Waals surface area contributed by atoms with Crippen molar-refractivity contribution < 1.29 is 9.63 Å². The minimum atomic E-state index is -0.258. The molecule has 0 aromatic heterocycles. The van der Waals surface area contributed by atoms with Crippen molar-refractivity contribution in [1.82, 2.24) is 0 Å². The third-order valence-corrected chi connectivity index (χ3v) is 2.30. The Morgan fingerprint density at radius 1 is 1.47 bits per heavy atom. The third kappa shape index (κ3) is 6.45. The highest BCUT2D eigenvalue weighted by Gasteiger charge is 2.03. The first-order valence-electron chi connectivity index (χ1n) is 6.28. The van der Waals surface area contributed by atoms with Gasteiger partial charge in [-0.1, -0.05) is 31.1 Å². The number of carbonyl (C=O) groups excluding carboxylic acids is 1. The Morgan fingerprint density at radius 2 is 2.21 bits per heavy atom. The Balaban J connectivity index is 2.36. The van der Waals surface area contributed by atoms with Gasteiger partial charge in [-0.05, 0) is 30.5 Å². The predicted octanol–water partition coefficient (Wildman–Crippen LogP) is 2.27. The number of amides is 1. The summed E-state index contributed by atoms with van der Waals surface area (Å²) in [6.45, 7) is 5.88. The molecule has 1 aromatic carbocycles. The van der Waals surface area contributed by atoms with Crippen molar-refractivity contribution in [3.8, 4) is 0 Å². The summed E-state index contributed by atoms with van der Waals surface area (Å²) in [5, 5.41) is 6.42.